The lowest BCUT2D eigenvalue weighted by molar-refractivity contribution is -0.132. The van der Waals surface area contributed by atoms with Crippen molar-refractivity contribution < 1.29 is 22.9 Å². The molecule has 1 heterocycles. The highest BCUT2D eigenvalue weighted by Crippen LogP contribution is 2.52. The minimum Gasteiger partial charge on any atom is -0.388 e. The van der Waals surface area contributed by atoms with E-state index in [-0.39, 0.29) is 19.1 Å². The number of phosphoric acid groups is 1. The molecule has 0 aromatic rings. The highest BCUT2D eigenvalue weighted by Gasteiger charge is 2.34. The fraction of sp³-hybridized carbons (Fsp3) is 0.667. The predicted molar refractivity (Wildman–Crippen MR) is 82.8 cm³/mol. The Morgan fingerprint density at radius 2 is 1.86 bits per heavy atom. The quantitative estimate of drug-likeness (QED) is 0.503. The van der Waals surface area contributed by atoms with Gasteiger partial charge in [-0.15, -0.1) is 0 Å². The summed E-state index contributed by atoms with van der Waals surface area (Å²) in [7, 11) is -3.67. The van der Waals surface area contributed by atoms with Crippen LogP contribution in [-0.2, 0) is 22.9 Å². The molecule has 0 bridgehead atoms. The minimum atomic E-state index is -3.67. The van der Waals surface area contributed by atoms with Crippen LogP contribution in [0, 0.1) is 5.92 Å². The van der Waals surface area contributed by atoms with E-state index in [9.17, 15) is 9.36 Å². The van der Waals surface area contributed by atoms with Gasteiger partial charge in [-0.05, 0) is 45.1 Å². The number of rotatable bonds is 8. The molecular formula is C15H24NO5P. The maximum atomic E-state index is 12.5. The number of phosphoric ester groups is 1. The molecule has 0 N–H and O–H groups in total. The van der Waals surface area contributed by atoms with E-state index < -0.39 is 7.82 Å². The second-order valence-electron chi connectivity index (χ2n) is 5.27. The SMILES string of the molecule is CCOP(=O)(OCC)OC1=CCCC(=O)N1CC1CC=CC1. The molecule has 0 unspecified atom stereocenters. The number of hydrogen-bond acceptors (Lipinski definition) is 5. The zero-order chi connectivity index (χ0) is 16.0. The Kier molecular flexibility index (Phi) is 6.24. The zero-order valence-electron chi connectivity index (χ0n) is 13.2. The lowest BCUT2D eigenvalue weighted by Crippen LogP contribution is -2.37. The van der Waals surface area contributed by atoms with Crippen LogP contribution in [0.1, 0.15) is 39.5 Å². The Bertz CT molecular complexity index is 484. The maximum absolute atomic E-state index is 12.5. The van der Waals surface area contributed by atoms with Crippen LogP contribution in [0.4, 0.5) is 0 Å². The van der Waals surface area contributed by atoms with Crippen LogP contribution in [0.3, 0.4) is 0 Å². The molecule has 0 saturated carbocycles. The molecule has 1 amide bonds. The molecule has 2 rings (SSSR count). The zero-order valence-corrected chi connectivity index (χ0v) is 14.1. The van der Waals surface area contributed by atoms with Gasteiger partial charge in [-0.25, -0.2) is 4.57 Å². The molecule has 124 valence electrons. The second kappa shape index (κ2) is 7.95. The van der Waals surface area contributed by atoms with Crippen molar-refractivity contribution in [3.8, 4) is 0 Å². The van der Waals surface area contributed by atoms with Crippen LogP contribution in [0.15, 0.2) is 24.1 Å². The van der Waals surface area contributed by atoms with Crippen molar-refractivity contribution in [3.05, 3.63) is 24.1 Å². The first-order valence-electron chi connectivity index (χ1n) is 7.82. The summed E-state index contributed by atoms with van der Waals surface area (Å²) >= 11 is 0. The Labute approximate surface area is 131 Å². The molecule has 22 heavy (non-hydrogen) atoms. The Hall–Kier alpha value is -1.10. The smallest absolute Gasteiger partial charge is 0.388 e. The van der Waals surface area contributed by atoms with Gasteiger partial charge in [-0.3, -0.25) is 18.7 Å². The summed E-state index contributed by atoms with van der Waals surface area (Å²) in [5, 5.41) is 0. The third kappa shape index (κ3) is 4.45. The first-order chi connectivity index (χ1) is 10.6. The number of carbonyl (C=O) groups excluding carboxylic acids is 1. The van der Waals surface area contributed by atoms with Gasteiger partial charge in [0.2, 0.25) is 11.8 Å². The van der Waals surface area contributed by atoms with Gasteiger partial charge >= 0.3 is 7.82 Å². The van der Waals surface area contributed by atoms with E-state index in [4.69, 9.17) is 13.6 Å². The average Bonchev–Trinajstić information content (AvgIpc) is 2.96. The standard InChI is InChI=1S/C15H24NO5P/c1-3-19-22(18,20-4-2)21-15-11-7-10-14(17)16(15)12-13-8-5-6-9-13/h5-6,11,13H,3-4,7-10,12H2,1-2H3. The van der Waals surface area contributed by atoms with Crippen LogP contribution in [0.5, 0.6) is 0 Å². The summed E-state index contributed by atoms with van der Waals surface area (Å²) in [6.45, 7) is 4.43. The van der Waals surface area contributed by atoms with Crippen molar-refractivity contribution in [2.75, 3.05) is 19.8 Å². The van der Waals surface area contributed by atoms with E-state index in [2.05, 4.69) is 12.2 Å². The molecule has 0 aromatic heterocycles. The van der Waals surface area contributed by atoms with Gasteiger partial charge in [0, 0.05) is 13.0 Å². The fourth-order valence-electron chi connectivity index (χ4n) is 2.57. The van der Waals surface area contributed by atoms with Crippen molar-refractivity contribution in [1.29, 1.82) is 0 Å². The summed E-state index contributed by atoms with van der Waals surface area (Å²) in [6.07, 6.45) is 8.95. The maximum Gasteiger partial charge on any atom is 0.531 e. The van der Waals surface area contributed by atoms with E-state index in [1.54, 1.807) is 24.8 Å². The molecule has 0 spiro atoms. The topological polar surface area (TPSA) is 65.1 Å². The summed E-state index contributed by atoms with van der Waals surface area (Å²) < 4.78 is 28.3. The fourth-order valence-corrected chi connectivity index (χ4v) is 3.78. The average molecular weight is 329 g/mol. The highest BCUT2D eigenvalue weighted by atomic mass is 31.2. The molecule has 7 heteroatoms. The number of carbonyl (C=O) groups is 1. The van der Waals surface area contributed by atoms with Gasteiger partial charge in [0.25, 0.3) is 0 Å². The normalized spacial score (nSPS) is 19.6. The number of hydrogen-bond donors (Lipinski definition) is 0. The number of nitrogens with zero attached hydrogens (tertiary/aromatic N) is 1. The first kappa shape index (κ1) is 17.3. The molecular weight excluding hydrogens is 305 g/mol. The molecule has 0 atom stereocenters. The van der Waals surface area contributed by atoms with Crippen molar-refractivity contribution in [3.63, 3.8) is 0 Å². The summed E-state index contributed by atoms with van der Waals surface area (Å²) in [5.74, 6) is 0.671. The molecule has 6 nitrogen and oxygen atoms in total. The van der Waals surface area contributed by atoms with E-state index >= 15 is 0 Å². The van der Waals surface area contributed by atoms with Crippen molar-refractivity contribution in [2.24, 2.45) is 5.92 Å². The highest BCUT2D eigenvalue weighted by molar-refractivity contribution is 7.48. The lowest BCUT2D eigenvalue weighted by atomic mass is 10.1. The summed E-state index contributed by atoms with van der Waals surface area (Å²) in [6, 6.07) is 0. The summed E-state index contributed by atoms with van der Waals surface area (Å²) in [4.78, 5) is 13.8. The van der Waals surface area contributed by atoms with E-state index in [0.29, 0.717) is 31.2 Å². The predicted octanol–water partition coefficient (Wildman–Crippen LogP) is 3.61. The molecule has 0 saturated heterocycles. The first-order valence-corrected chi connectivity index (χ1v) is 9.28. The third-order valence-corrected chi connectivity index (χ3v) is 5.13. The lowest BCUT2D eigenvalue weighted by Gasteiger charge is -2.31. The van der Waals surface area contributed by atoms with Gasteiger partial charge in [0.15, 0.2) is 0 Å². The van der Waals surface area contributed by atoms with E-state index in [1.165, 1.54) is 0 Å². The van der Waals surface area contributed by atoms with Crippen molar-refractivity contribution >= 4 is 13.7 Å². The second-order valence-corrected chi connectivity index (χ2v) is 6.86. The third-order valence-electron chi connectivity index (χ3n) is 3.57. The van der Waals surface area contributed by atoms with Crippen LogP contribution < -0.4 is 0 Å². The summed E-state index contributed by atoms with van der Waals surface area (Å²) in [5.41, 5.74) is 0. The number of allylic oxidation sites excluding steroid dienone is 3. The van der Waals surface area contributed by atoms with Crippen LogP contribution >= 0.6 is 7.82 Å². The van der Waals surface area contributed by atoms with Crippen LogP contribution in [-0.4, -0.2) is 30.6 Å². The van der Waals surface area contributed by atoms with Crippen LogP contribution in [0.25, 0.3) is 0 Å². The molecule has 1 aliphatic heterocycles. The molecule has 0 fully saturated rings. The monoisotopic (exact) mass is 329 g/mol. The van der Waals surface area contributed by atoms with Crippen molar-refractivity contribution in [1.82, 2.24) is 4.90 Å². The molecule has 2 aliphatic rings. The van der Waals surface area contributed by atoms with Gasteiger partial charge in [-0.2, -0.15) is 0 Å². The van der Waals surface area contributed by atoms with E-state index in [0.717, 1.165) is 12.8 Å². The van der Waals surface area contributed by atoms with Crippen LogP contribution in [0.2, 0.25) is 0 Å². The Balaban J connectivity index is 2.09. The molecule has 0 radical (unpaired) electrons. The largest absolute Gasteiger partial charge is 0.531 e. The minimum absolute atomic E-state index is 0.0102. The van der Waals surface area contributed by atoms with Gasteiger partial charge in [0.05, 0.1) is 13.2 Å². The Morgan fingerprint density at radius 1 is 1.23 bits per heavy atom. The molecule has 1 aliphatic carbocycles. The van der Waals surface area contributed by atoms with Gasteiger partial charge in [0.1, 0.15) is 0 Å². The number of amides is 1. The molecule has 0 aromatic carbocycles. The van der Waals surface area contributed by atoms with Gasteiger partial charge in [-0.1, -0.05) is 12.2 Å². The van der Waals surface area contributed by atoms with Gasteiger partial charge < -0.3 is 4.52 Å². The van der Waals surface area contributed by atoms with Crippen molar-refractivity contribution in [2.45, 2.75) is 39.5 Å². The Morgan fingerprint density at radius 3 is 2.45 bits per heavy atom. The van der Waals surface area contributed by atoms with E-state index in [1.807, 2.05) is 0 Å².